The van der Waals surface area contributed by atoms with Gasteiger partial charge in [-0.15, -0.1) is 10.2 Å². The second-order valence-electron chi connectivity index (χ2n) is 5.14. The summed E-state index contributed by atoms with van der Waals surface area (Å²) in [6, 6.07) is 1.79. The number of nitrogens with zero attached hydrogens (tertiary/aromatic N) is 7. The number of halogens is 3. The van der Waals surface area contributed by atoms with Gasteiger partial charge in [0.15, 0.2) is 5.82 Å². The zero-order chi connectivity index (χ0) is 15.9. The first-order chi connectivity index (χ1) is 10.4. The fourth-order valence-corrected chi connectivity index (χ4v) is 2.32. The zero-order valence-corrected chi connectivity index (χ0v) is 12.0. The van der Waals surface area contributed by atoms with E-state index < -0.39 is 12.0 Å². The number of aromatic nitrogens is 5. The van der Waals surface area contributed by atoms with Crippen molar-refractivity contribution in [1.82, 2.24) is 24.7 Å². The highest BCUT2D eigenvalue weighted by atomic mass is 19.4. The van der Waals surface area contributed by atoms with Crippen LogP contribution in [0.15, 0.2) is 12.4 Å². The third-order valence-electron chi connectivity index (χ3n) is 3.43. The summed E-state index contributed by atoms with van der Waals surface area (Å²) in [7, 11) is 3.71. The van der Waals surface area contributed by atoms with Crippen molar-refractivity contribution >= 4 is 11.6 Å². The van der Waals surface area contributed by atoms with Gasteiger partial charge in [0.25, 0.3) is 0 Å². The summed E-state index contributed by atoms with van der Waals surface area (Å²) in [5.74, 6) is 0.719. The van der Waals surface area contributed by atoms with Crippen molar-refractivity contribution in [3.05, 3.63) is 24.0 Å². The molecule has 22 heavy (non-hydrogen) atoms. The average molecular weight is 313 g/mol. The molecule has 0 N–H and O–H groups in total. The molecule has 0 spiro atoms. The number of rotatable bonds is 2. The summed E-state index contributed by atoms with van der Waals surface area (Å²) in [5.41, 5.74) is 0. The molecule has 2 aromatic rings. The van der Waals surface area contributed by atoms with Crippen LogP contribution < -0.4 is 9.80 Å². The smallest absolute Gasteiger partial charge is 0.363 e. The normalized spacial score (nSPS) is 14.9. The molecule has 0 saturated carbocycles. The molecular formula is C12H14F3N7. The number of alkyl halides is 3. The molecule has 0 aliphatic carbocycles. The molecule has 0 atom stereocenters. The lowest BCUT2D eigenvalue weighted by Gasteiger charge is -2.29. The van der Waals surface area contributed by atoms with E-state index in [1.807, 2.05) is 23.9 Å². The van der Waals surface area contributed by atoms with Crippen LogP contribution in [0.3, 0.4) is 0 Å². The maximum absolute atomic E-state index is 12.8. The molecule has 3 rings (SSSR count). The summed E-state index contributed by atoms with van der Waals surface area (Å²) in [6.07, 6.45) is -3.05. The second-order valence-corrected chi connectivity index (χ2v) is 5.14. The summed E-state index contributed by atoms with van der Waals surface area (Å²) in [6.45, 7) is 0.795. The zero-order valence-electron chi connectivity index (χ0n) is 12.0. The molecule has 0 fully saturated rings. The lowest BCUT2D eigenvalue weighted by molar-refractivity contribution is -0.147. The minimum Gasteiger partial charge on any atom is -0.363 e. The van der Waals surface area contributed by atoms with Crippen molar-refractivity contribution in [1.29, 1.82) is 0 Å². The predicted molar refractivity (Wildman–Crippen MR) is 72.4 cm³/mol. The van der Waals surface area contributed by atoms with Crippen LogP contribution >= 0.6 is 0 Å². The summed E-state index contributed by atoms with van der Waals surface area (Å²) >= 11 is 0. The highest BCUT2D eigenvalue weighted by Crippen LogP contribution is 2.30. The van der Waals surface area contributed by atoms with E-state index in [2.05, 4.69) is 20.2 Å². The first-order valence-electron chi connectivity index (χ1n) is 6.60. The Morgan fingerprint density at radius 3 is 2.59 bits per heavy atom. The first-order valence-corrected chi connectivity index (χ1v) is 6.60. The molecule has 0 amide bonds. The van der Waals surface area contributed by atoms with Crippen molar-refractivity contribution in [2.45, 2.75) is 19.3 Å². The van der Waals surface area contributed by atoms with E-state index in [9.17, 15) is 13.2 Å². The quantitative estimate of drug-likeness (QED) is 0.829. The van der Waals surface area contributed by atoms with Crippen molar-refractivity contribution < 1.29 is 13.2 Å². The van der Waals surface area contributed by atoms with Crippen LogP contribution in [0, 0.1) is 0 Å². The summed E-state index contributed by atoms with van der Waals surface area (Å²) < 4.78 is 39.5. The van der Waals surface area contributed by atoms with E-state index in [1.54, 1.807) is 6.07 Å². The van der Waals surface area contributed by atoms with Crippen molar-refractivity contribution in [2.75, 3.05) is 30.4 Å². The Morgan fingerprint density at radius 1 is 1.14 bits per heavy atom. The third kappa shape index (κ3) is 2.55. The predicted octanol–water partition coefficient (Wildman–Crippen LogP) is 1.17. The van der Waals surface area contributed by atoms with E-state index in [4.69, 9.17) is 0 Å². The first kappa shape index (κ1) is 14.5. The number of fused-ring (bicyclic) bond motifs is 1. The van der Waals surface area contributed by atoms with E-state index in [0.29, 0.717) is 12.4 Å². The van der Waals surface area contributed by atoms with Gasteiger partial charge in [0, 0.05) is 33.3 Å². The van der Waals surface area contributed by atoms with Crippen molar-refractivity contribution in [2.24, 2.45) is 0 Å². The van der Waals surface area contributed by atoms with Crippen LogP contribution in [0.5, 0.6) is 0 Å². The lowest BCUT2D eigenvalue weighted by Crippen LogP contribution is -2.36. The largest absolute Gasteiger partial charge is 0.451 e. The second kappa shape index (κ2) is 5.11. The van der Waals surface area contributed by atoms with Crippen LogP contribution in [0.1, 0.15) is 11.6 Å². The Balaban J connectivity index is 1.86. The molecule has 0 unspecified atom stereocenters. The third-order valence-corrected chi connectivity index (χ3v) is 3.43. The van der Waals surface area contributed by atoms with Gasteiger partial charge >= 0.3 is 6.18 Å². The van der Waals surface area contributed by atoms with Gasteiger partial charge in [-0.2, -0.15) is 13.2 Å². The number of anilines is 2. The van der Waals surface area contributed by atoms with Gasteiger partial charge < -0.3 is 14.4 Å². The van der Waals surface area contributed by atoms with E-state index in [1.165, 1.54) is 6.33 Å². The minimum atomic E-state index is -4.49. The molecule has 7 nitrogen and oxygen atoms in total. The van der Waals surface area contributed by atoms with Crippen molar-refractivity contribution in [3.63, 3.8) is 0 Å². The van der Waals surface area contributed by atoms with Gasteiger partial charge in [-0.05, 0) is 0 Å². The molecule has 10 heteroatoms. The Hall–Kier alpha value is -2.39. The maximum Gasteiger partial charge on any atom is 0.451 e. The molecule has 0 bridgehead atoms. The molecule has 0 saturated heterocycles. The van der Waals surface area contributed by atoms with Crippen molar-refractivity contribution in [3.8, 4) is 0 Å². The highest BCUT2D eigenvalue weighted by Gasteiger charge is 2.39. The molecule has 1 aliphatic heterocycles. The number of hydrogen-bond acceptors (Lipinski definition) is 6. The average Bonchev–Trinajstić information content (AvgIpc) is 2.90. The monoisotopic (exact) mass is 313 g/mol. The fourth-order valence-electron chi connectivity index (χ4n) is 2.32. The number of hydrogen-bond donors (Lipinski definition) is 0. The van der Waals surface area contributed by atoms with Gasteiger partial charge in [0.05, 0.1) is 6.54 Å². The molecule has 0 aromatic carbocycles. The Morgan fingerprint density at radius 2 is 1.91 bits per heavy atom. The van der Waals surface area contributed by atoms with E-state index in [-0.39, 0.29) is 18.9 Å². The van der Waals surface area contributed by atoms with E-state index in [0.717, 1.165) is 10.4 Å². The summed E-state index contributed by atoms with van der Waals surface area (Å²) in [5, 5.41) is 6.92. The minimum absolute atomic E-state index is 0.165. The highest BCUT2D eigenvalue weighted by molar-refractivity contribution is 5.49. The fraction of sp³-hybridized carbons (Fsp3) is 0.500. The molecule has 118 valence electrons. The molecule has 3 heterocycles. The maximum atomic E-state index is 12.8. The van der Waals surface area contributed by atoms with Gasteiger partial charge in [-0.3, -0.25) is 0 Å². The van der Waals surface area contributed by atoms with Crippen LogP contribution in [0.4, 0.5) is 24.8 Å². The van der Waals surface area contributed by atoms with Crippen LogP contribution in [-0.2, 0) is 19.3 Å². The molecule has 0 radical (unpaired) electrons. The standard InChI is InChI=1S/C12H14F3N7/c1-20(2)8-5-9(17-7-16-8)21-3-4-22-10(6-21)18-19-11(22)12(13,14)15/h5,7H,3-4,6H2,1-2H3. The van der Waals surface area contributed by atoms with Gasteiger partial charge in [-0.25, -0.2) is 9.97 Å². The molecular weight excluding hydrogens is 299 g/mol. The van der Waals surface area contributed by atoms with Gasteiger partial charge in [0.2, 0.25) is 5.82 Å². The van der Waals surface area contributed by atoms with Gasteiger partial charge in [0.1, 0.15) is 18.0 Å². The SMILES string of the molecule is CN(C)c1cc(N2CCn3c(nnc3C(F)(F)F)C2)ncn1. The Bertz CT molecular complexity index is 680. The lowest BCUT2D eigenvalue weighted by atomic mass is 10.3. The summed E-state index contributed by atoms with van der Waals surface area (Å²) in [4.78, 5) is 12.0. The van der Waals surface area contributed by atoms with E-state index >= 15 is 0 Å². The Labute approximate surface area is 124 Å². The topological polar surface area (TPSA) is 63.0 Å². The van der Waals surface area contributed by atoms with Crippen LogP contribution in [0.25, 0.3) is 0 Å². The van der Waals surface area contributed by atoms with Gasteiger partial charge in [-0.1, -0.05) is 0 Å². The van der Waals surface area contributed by atoms with Crippen LogP contribution in [0.2, 0.25) is 0 Å². The molecule has 1 aliphatic rings. The molecule has 2 aromatic heterocycles. The Kier molecular flexibility index (Phi) is 3.38. The van der Waals surface area contributed by atoms with Crippen LogP contribution in [-0.4, -0.2) is 45.4 Å².